The maximum Gasteiger partial charge on any atom is 0.306 e. The molecule has 1 rings (SSSR count). The SMILES string of the molecule is CCCCCC(=O)N[C@H](CSC[C@@H](COC(=O)CCCCC)OC(=O)CCCCC)C(=O)Nc1cn(C[C@H](O)[C@H](O)[C@H](O)[C@H](O)CO)nn1. The summed E-state index contributed by atoms with van der Waals surface area (Å²) in [6.45, 7) is 4.75. The highest BCUT2D eigenvalue weighted by atomic mass is 32.2. The maximum atomic E-state index is 13.3. The minimum Gasteiger partial charge on any atom is -0.462 e. The number of esters is 2. The van der Waals surface area contributed by atoms with Crippen LogP contribution in [0.4, 0.5) is 5.82 Å². The zero-order chi connectivity index (χ0) is 36.6. The second-order valence-corrected chi connectivity index (χ2v) is 13.0. The molecule has 16 nitrogen and oxygen atoms in total. The molecule has 7 N–H and O–H groups in total. The van der Waals surface area contributed by atoms with Crippen molar-refractivity contribution in [3.8, 4) is 0 Å². The molecule has 0 aliphatic heterocycles. The summed E-state index contributed by atoms with van der Waals surface area (Å²) >= 11 is 1.24. The van der Waals surface area contributed by atoms with E-state index < -0.39 is 55.0 Å². The fourth-order valence-electron chi connectivity index (χ4n) is 4.48. The van der Waals surface area contributed by atoms with Crippen LogP contribution in [-0.4, -0.2) is 126 Å². The number of ether oxygens (including phenoxy) is 2. The number of rotatable bonds is 28. The van der Waals surface area contributed by atoms with E-state index in [0.717, 1.165) is 43.2 Å². The van der Waals surface area contributed by atoms with Gasteiger partial charge in [0.1, 0.15) is 43.2 Å². The molecule has 49 heavy (non-hydrogen) atoms. The van der Waals surface area contributed by atoms with Crippen molar-refractivity contribution in [2.45, 2.75) is 141 Å². The largest absolute Gasteiger partial charge is 0.462 e. The number of carbonyl (C=O) groups is 4. The summed E-state index contributed by atoms with van der Waals surface area (Å²) in [5, 5.41) is 61.5. The Morgan fingerprint density at radius 3 is 2.04 bits per heavy atom. The molecule has 6 atom stereocenters. The van der Waals surface area contributed by atoms with Crippen molar-refractivity contribution < 1.29 is 54.2 Å². The van der Waals surface area contributed by atoms with Crippen molar-refractivity contribution >= 4 is 41.3 Å². The van der Waals surface area contributed by atoms with E-state index in [1.807, 2.05) is 20.8 Å². The van der Waals surface area contributed by atoms with Crippen LogP contribution in [0.3, 0.4) is 0 Å². The number of aliphatic hydroxyl groups is 5. The molecule has 0 radical (unpaired) electrons. The summed E-state index contributed by atoms with van der Waals surface area (Å²) in [6, 6.07) is -1.02. The van der Waals surface area contributed by atoms with E-state index in [1.165, 1.54) is 18.0 Å². The van der Waals surface area contributed by atoms with E-state index in [4.69, 9.17) is 14.6 Å². The van der Waals surface area contributed by atoms with Crippen molar-refractivity contribution in [1.29, 1.82) is 0 Å². The van der Waals surface area contributed by atoms with Gasteiger partial charge in [-0.15, -0.1) is 5.10 Å². The molecule has 282 valence electrons. The molecular weight excluding hydrogens is 662 g/mol. The topological polar surface area (TPSA) is 243 Å². The van der Waals surface area contributed by atoms with Crippen LogP contribution in [0.5, 0.6) is 0 Å². The molecule has 0 saturated heterocycles. The van der Waals surface area contributed by atoms with Crippen LogP contribution in [0.2, 0.25) is 0 Å². The average molecular weight is 720 g/mol. The first-order valence-corrected chi connectivity index (χ1v) is 18.4. The first kappa shape index (κ1) is 44.2. The second-order valence-electron chi connectivity index (χ2n) is 11.9. The van der Waals surface area contributed by atoms with Crippen LogP contribution in [0.1, 0.15) is 97.8 Å². The Kier molecular flexibility index (Phi) is 23.5. The smallest absolute Gasteiger partial charge is 0.306 e. The van der Waals surface area contributed by atoms with Gasteiger partial charge in [0.2, 0.25) is 11.8 Å². The molecule has 0 bridgehead atoms. The van der Waals surface area contributed by atoms with Gasteiger partial charge in [0, 0.05) is 30.8 Å². The quantitative estimate of drug-likeness (QED) is 0.0474. The highest BCUT2D eigenvalue weighted by Crippen LogP contribution is 2.14. The highest BCUT2D eigenvalue weighted by Gasteiger charge is 2.31. The van der Waals surface area contributed by atoms with Crippen LogP contribution < -0.4 is 10.6 Å². The number of thioether (sulfide) groups is 1. The summed E-state index contributed by atoms with van der Waals surface area (Å²) in [5.41, 5.74) is 0. The van der Waals surface area contributed by atoms with Crippen LogP contribution in [0.15, 0.2) is 6.20 Å². The number of aliphatic hydroxyl groups excluding tert-OH is 5. The molecule has 17 heteroatoms. The lowest BCUT2D eigenvalue weighted by molar-refractivity contribution is -0.157. The van der Waals surface area contributed by atoms with Crippen LogP contribution in [0, 0.1) is 0 Å². The number of hydrogen-bond donors (Lipinski definition) is 7. The highest BCUT2D eigenvalue weighted by molar-refractivity contribution is 7.99. The zero-order valence-electron chi connectivity index (χ0n) is 29.0. The van der Waals surface area contributed by atoms with E-state index in [-0.39, 0.29) is 61.6 Å². The fourth-order valence-corrected chi connectivity index (χ4v) is 5.51. The fraction of sp³-hybridized carbons (Fsp3) is 0.812. The van der Waals surface area contributed by atoms with Gasteiger partial charge in [0.15, 0.2) is 5.82 Å². The minimum atomic E-state index is -1.82. The number of nitrogens with zero attached hydrogens (tertiary/aromatic N) is 3. The third-order valence-corrected chi connectivity index (χ3v) is 8.61. The summed E-state index contributed by atoms with van der Waals surface area (Å²) in [4.78, 5) is 50.7. The van der Waals surface area contributed by atoms with E-state index in [1.54, 1.807) is 0 Å². The number of anilines is 1. The number of carbonyl (C=O) groups excluding carboxylic acids is 4. The van der Waals surface area contributed by atoms with E-state index in [9.17, 15) is 39.6 Å². The predicted octanol–water partition coefficient (Wildman–Crippen LogP) is 1.07. The Labute approximate surface area is 292 Å². The molecule has 0 unspecified atom stereocenters. The lowest BCUT2D eigenvalue weighted by Gasteiger charge is -2.25. The Morgan fingerprint density at radius 2 is 1.43 bits per heavy atom. The molecular formula is C32H57N5O11S. The standard InChI is InChI=1S/C32H57N5O11S/c1-4-7-10-13-27(41)33-23(32(46)34-26-17-37(36-35-26)16-24(39)30(44)31(45)25(40)18-38)21-49-20-22(48-29(43)15-12-9-6-3)19-47-28(42)14-11-8-5-2/h17,22-25,30-31,38-40,44-45H,4-16,18-21H2,1-3H3,(H,33,41)(H,34,46)/t22-,23-,24+,25-,30+,31-/m1/s1. The average Bonchev–Trinajstić information content (AvgIpc) is 3.51. The summed E-state index contributed by atoms with van der Waals surface area (Å²) < 4.78 is 12.1. The molecule has 0 saturated carbocycles. The Balaban J connectivity index is 2.92. The summed E-state index contributed by atoms with van der Waals surface area (Å²) in [7, 11) is 0. The molecule has 0 aromatic carbocycles. The predicted molar refractivity (Wildman–Crippen MR) is 182 cm³/mol. The van der Waals surface area contributed by atoms with Crippen molar-refractivity contribution in [1.82, 2.24) is 20.3 Å². The van der Waals surface area contributed by atoms with E-state index in [0.29, 0.717) is 19.3 Å². The number of nitrogens with one attached hydrogen (secondary N) is 2. The number of aromatic nitrogens is 3. The number of amides is 2. The van der Waals surface area contributed by atoms with Gasteiger partial charge in [-0.05, 0) is 19.3 Å². The number of hydrogen-bond acceptors (Lipinski definition) is 14. The van der Waals surface area contributed by atoms with Gasteiger partial charge < -0.3 is 45.6 Å². The molecule has 0 aliphatic rings. The van der Waals surface area contributed by atoms with Crippen molar-refractivity contribution in [3.05, 3.63) is 6.20 Å². The summed E-state index contributed by atoms with van der Waals surface area (Å²) in [5.74, 6) is -1.45. The Hall–Kier alpha value is -2.83. The first-order chi connectivity index (χ1) is 23.4. The minimum absolute atomic E-state index is 0.0215. The molecule has 2 amide bonds. The van der Waals surface area contributed by atoms with Gasteiger partial charge >= 0.3 is 11.9 Å². The molecule has 0 spiro atoms. The third-order valence-electron chi connectivity index (χ3n) is 7.43. The second kappa shape index (κ2) is 26.0. The maximum absolute atomic E-state index is 13.3. The zero-order valence-corrected chi connectivity index (χ0v) is 29.8. The van der Waals surface area contributed by atoms with Crippen molar-refractivity contribution in [3.63, 3.8) is 0 Å². The summed E-state index contributed by atoms with van der Waals surface area (Å²) in [6.07, 6.45) is 1.82. The number of unbranched alkanes of at least 4 members (excludes halogenated alkanes) is 6. The third kappa shape index (κ3) is 19.2. The van der Waals surface area contributed by atoms with Gasteiger partial charge in [-0.2, -0.15) is 11.8 Å². The van der Waals surface area contributed by atoms with Gasteiger partial charge in [-0.25, -0.2) is 4.68 Å². The molecule has 1 heterocycles. The van der Waals surface area contributed by atoms with Crippen molar-refractivity contribution in [2.75, 3.05) is 30.0 Å². The van der Waals surface area contributed by atoms with Crippen LogP contribution in [-0.2, 0) is 35.2 Å². The lowest BCUT2D eigenvalue weighted by Crippen LogP contribution is -2.47. The van der Waals surface area contributed by atoms with Crippen LogP contribution in [0.25, 0.3) is 0 Å². The lowest BCUT2D eigenvalue weighted by atomic mass is 10.0. The Morgan fingerprint density at radius 1 is 0.837 bits per heavy atom. The van der Waals surface area contributed by atoms with Crippen molar-refractivity contribution in [2.24, 2.45) is 0 Å². The van der Waals surface area contributed by atoms with E-state index in [2.05, 4.69) is 20.9 Å². The molecule has 1 aromatic rings. The van der Waals surface area contributed by atoms with Gasteiger partial charge in [0.05, 0.1) is 19.3 Å². The molecule has 0 fully saturated rings. The molecule has 1 aromatic heterocycles. The van der Waals surface area contributed by atoms with E-state index >= 15 is 0 Å². The van der Waals surface area contributed by atoms with Gasteiger partial charge in [-0.1, -0.05) is 64.5 Å². The molecule has 0 aliphatic carbocycles. The van der Waals surface area contributed by atoms with Crippen LogP contribution >= 0.6 is 11.8 Å². The van der Waals surface area contributed by atoms with Gasteiger partial charge in [-0.3, -0.25) is 19.2 Å². The Bertz CT molecular complexity index is 1100. The first-order valence-electron chi connectivity index (χ1n) is 17.2. The normalized spacial score (nSPS) is 15.0. The van der Waals surface area contributed by atoms with Gasteiger partial charge in [0.25, 0.3) is 0 Å². The monoisotopic (exact) mass is 719 g/mol.